The normalized spacial score (nSPS) is 10.5. The summed E-state index contributed by atoms with van der Waals surface area (Å²) in [4.78, 5) is 16.2. The zero-order chi connectivity index (χ0) is 14.5. The van der Waals surface area contributed by atoms with Crippen LogP contribution >= 0.6 is 11.3 Å². The van der Waals surface area contributed by atoms with Crippen LogP contribution in [0.15, 0.2) is 36.4 Å². The summed E-state index contributed by atoms with van der Waals surface area (Å²) >= 11 is 1.47. The number of nitrogen functional groups attached to an aromatic ring is 1. The van der Waals surface area contributed by atoms with Crippen LogP contribution in [-0.2, 0) is 6.54 Å². The molecule has 4 heteroatoms. The Bertz CT molecular complexity index is 558. The van der Waals surface area contributed by atoms with Gasteiger partial charge in [0.2, 0.25) is 0 Å². The van der Waals surface area contributed by atoms with Gasteiger partial charge in [0.25, 0.3) is 5.91 Å². The molecule has 106 valence electrons. The van der Waals surface area contributed by atoms with Crippen molar-refractivity contribution in [1.82, 2.24) is 4.90 Å². The molecule has 0 fully saturated rings. The highest BCUT2D eigenvalue weighted by molar-refractivity contribution is 7.14. The first kappa shape index (κ1) is 14.6. The number of aryl methyl sites for hydroxylation is 1. The molecule has 0 saturated carbocycles. The van der Waals surface area contributed by atoms with Crippen LogP contribution in [0.1, 0.15) is 33.5 Å². The molecule has 0 aliphatic heterocycles. The second-order valence-electron chi connectivity index (χ2n) is 4.83. The van der Waals surface area contributed by atoms with Crippen molar-refractivity contribution in [3.63, 3.8) is 0 Å². The Balaban J connectivity index is 2.17. The van der Waals surface area contributed by atoms with Crippen LogP contribution in [-0.4, -0.2) is 17.4 Å². The van der Waals surface area contributed by atoms with Gasteiger partial charge in [-0.2, -0.15) is 0 Å². The lowest BCUT2D eigenvalue weighted by Gasteiger charge is -2.21. The molecule has 2 rings (SSSR count). The lowest BCUT2D eigenvalue weighted by Crippen LogP contribution is -2.30. The lowest BCUT2D eigenvalue weighted by molar-refractivity contribution is 0.0748. The van der Waals surface area contributed by atoms with Crippen molar-refractivity contribution in [2.45, 2.75) is 26.8 Å². The maximum atomic E-state index is 12.6. The number of amides is 1. The van der Waals surface area contributed by atoms with E-state index in [0.29, 0.717) is 12.2 Å². The highest BCUT2D eigenvalue weighted by atomic mass is 32.1. The summed E-state index contributed by atoms with van der Waals surface area (Å²) in [6.07, 6.45) is 0.943. The molecule has 1 aromatic heterocycles. The van der Waals surface area contributed by atoms with Crippen molar-refractivity contribution in [3.05, 3.63) is 51.7 Å². The Hall–Kier alpha value is -1.81. The van der Waals surface area contributed by atoms with Gasteiger partial charge in [-0.1, -0.05) is 37.3 Å². The molecule has 0 aliphatic carbocycles. The minimum absolute atomic E-state index is 0.0699. The summed E-state index contributed by atoms with van der Waals surface area (Å²) in [6, 6.07) is 11.9. The van der Waals surface area contributed by atoms with Crippen molar-refractivity contribution in [3.8, 4) is 0 Å². The lowest BCUT2D eigenvalue weighted by atomic mass is 10.2. The van der Waals surface area contributed by atoms with E-state index in [9.17, 15) is 4.79 Å². The fraction of sp³-hybridized carbons (Fsp3) is 0.312. The van der Waals surface area contributed by atoms with Crippen LogP contribution in [0.4, 0.5) is 5.69 Å². The number of thiophene rings is 1. The van der Waals surface area contributed by atoms with Gasteiger partial charge in [-0.15, -0.1) is 11.3 Å². The van der Waals surface area contributed by atoms with Gasteiger partial charge in [-0.25, -0.2) is 0 Å². The van der Waals surface area contributed by atoms with Crippen molar-refractivity contribution >= 4 is 22.9 Å². The van der Waals surface area contributed by atoms with Gasteiger partial charge in [-0.05, 0) is 25.0 Å². The van der Waals surface area contributed by atoms with E-state index in [1.54, 1.807) is 6.07 Å². The quantitative estimate of drug-likeness (QED) is 0.912. The number of anilines is 1. The molecule has 0 aliphatic rings. The molecule has 0 unspecified atom stereocenters. The summed E-state index contributed by atoms with van der Waals surface area (Å²) in [5.41, 5.74) is 7.70. The fourth-order valence-corrected chi connectivity index (χ4v) is 2.99. The number of carbonyl (C=O) groups excluding carboxylic acids is 1. The minimum Gasteiger partial charge on any atom is -0.398 e. The Kier molecular flexibility index (Phi) is 4.79. The van der Waals surface area contributed by atoms with E-state index in [1.807, 2.05) is 42.2 Å². The summed E-state index contributed by atoms with van der Waals surface area (Å²) in [5, 5.41) is 0. The average molecular weight is 288 g/mol. The zero-order valence-electron chi connectivity index (χ0n) is 11.9. The van der Waals surface area contributed by atoms with Crippen LogP contribution in [0.3, 0.4) is 0 Å². The monoisotopic (exact) mass is 288 g/mol. The predicted molar refractivity (Wildman–Crippen MR) is 84.9 cm³/mol. The highest BCUT2D eigenvalue weighted by Gasteiger charge is 2.18. The van der Waals surface area contributed by atoms with Gasteiger partial charge in [-0.3, -0.25) is 4.79 Å². The van der Waals surface area contributed by atoms with Crippen LogP contribution in [0.25, 0.3) is 0 Å². The number of nitrogens with zero attached hydrogens (tertiary/aromatic N) is 1. The summed E-state index contributed by atoms with van der Waals surface area (Å²) in [7, 11) is 0. The van der Waals surface area contributed by atoms with Gasteiger partial charge in [0.15, 0.2) is 0 Å². The molecule has 0 spiro atoms. The Morgan fingerprint density at radius 1 is 1.30 bits per heavy atom. The number of carbonyl (C=O) groups is 1. The average Bonchev–Trinajstić information content (AvgIpc) is 2.78. The molecule has 2 N–H and O–H groups in total. The van der Waals surface area contributed by atoms with Gasteiger partial charge in [0.05, 0.1) is 4.88 Å². The third-order valence-corrected chi connectivity index (χ3v) is 4.22. The Morgan fingerprint density at radius 2 is 2.00 bits per heavy atom. The molecule has 0 atom stereocenters. The third kappa shape index (κ3) is 3.39. The molecular formula is C16H20N2OS. The second-order valence-corrected chi connectivity index (χ2v) is 6.09. The molecule has 1 aromatic carbocycles. The van der Waals surface area contributed by atoms with Crippen molar-refractivity contribution < 1.29 is 4.79 Å². The first-order valence-corrected chi connectivity index (χ1v) is 7.62. The maximum Gasteiger partial charge on any atom is 0.264 e. The molecule has 1 heterocycles. The Morgan fingerprint density at radius 3 is 2.55 bits per heavy atom. The van der Waals surface area contributed by atoms with E-state index >= 15 is 0 Å². The molecule has 0 radical (unpaired) electrons. The molecular weight excluding hydrogens is 268 g/mol. The predicted octanol–water partition coefficient (Wildman–Crippen LogP) is 3.69. The first-order chi connectivity index (χ1) is 9.61. The first-order valence-electron chi connectivity index (χ1n) is 6.81. The smallest absolute Gasteiger partial charge is 0.264 e. The van der Waals surface area contributed by atoms with Crippen LogP contribution in [0.5, 0.6) is 0 Å². The highest BCUT2D eigenvalue weighted by Crippen LogP contribution is 2.25. The summed E-state index contributed by atoms with van der Waals surface area (Å²) in [6.45, 7) is 5.42. The van der Waals surface area contributed by atoms with Gasteiger partial charge < -0.3 is 10.6 Å². The van der Waals surface area contributed by atoms with Crippen molar-refractivity contribution in [2.24, 2.45) is 0 Å². The van der Waals surface area contributed by atoms with Gasteiger partial charge in [0, 0.05) is 23.7 Å². The molecule has 2 aromatic rings. The zero-order valence-corrected chi connectivity index (χ0v) is 12.7. The van der Waals surface area contributed by atoms with E-state index < -0.39 is 0 Å². The third-order valence-electron chi connectivity index (χ3n) is 3.16. The number of benzene rings is 1. The largest absolute Gasteiger partial charge is 0.398 e. The number of rotatable bonds is 5. The standard InChI is InChI=1S/C16H20N2OS/c1-3-9-18(11-13-7-5-4-6-8-13)16(19)15-10-14(17)12(2)20-15/h4-8,10H,3,9,11,17H2,1-2H3. The molecule has 0 bridgehead atoms. The van der Waals surface area contributed by atoms with E-state index in [1.165, 1.54) is 11.3 Å². The van der Waals surface area contributed by atoms with E-state index in [4.69, 9.17) is 5.73 Å². The molecule has 0 saturated heterocycles. The minimum atomic E-state index is 0.0699. The molecule has 20 heavy (non-hydrogen) atoms. The van der Waals surface area contributed by atoms with Gasteiger partial charge >= 0.3 is 0 Å². The second kappa shape index (κ2) is 6.57. The summed E-state index contributed by atoms with van der Waals surface area (Å²) < 4.78 is 0. The van der Waals surface area contributed by atoms with E-state index in [-0.39, 0.29) is 5.91 Å². The number of hydrogen-bond donors (Lipinski definition) is 1. The van der Waals surface area contributed by atoms with E-state index in [0.717, 1.165) is 28.3 Å². The number of hydrogen-bond acceptors (Lipinski definition) is 3. The van der Waals surface area contributed by atoms with Crippen molar-refractivity contribution in [1.29, 1.82) is 0 Å². The fourth-order valence-electron chi connectivity index (χ4n) is 2.08. The van der Waals surface area contributed by atoms with Crippen molar-refractivity contribution in [2.75, 3.05) is 12.3 Å². The van der Waals surface area contributed by atoms with Crippen LogP contribution in [0, 0.1) is 6.92 Å². The number of nitrogens with two attached hydrogens (primary N) is 1. The topological polar surface area (TPSA) is 46.3 Å². The van der Waals surface area contributed by atoms with Gasteiger partial charge in [0.1, 0.15) is 0 Å². The molecule has 3 nitrogen and oxygen atoms in total. The molecule has 1 amide bonds. The maximum absolute atomic E-state index is 12.6. The van der Waals surface area contributed by atoms with E-state index in [2.05, 4.69) is 6.92 Å². The van der Waals surface area contributed by atoms with Crippen LogP contribution < -0.4 is 5.73 Å². The summed E-state index contributed by atoms with van der Waals surface area (Å²) in [5.74, 6) is 0.0699. The SMILES string of the molecule is CCCN(Cc1ccccc1)C(=O)c1cc(N)c(C)s1. The Labute approximate surface area is 124 Å². The van der Waals surface area contributed by atoms with Crippen LogP contribution in [0.2, 0.25) is 0 Å².